The summed E-state index contributed by atoms with van der Waals surface area (Å²) in [7, 11) is 0. The molecule has 0 atom stereocenters. The van der Waals surface area contributed by atoms with Crippen molar-refractivity contribution in [3.63, 3.8) is 0 Å². The van der Waals surface area contributed by atoms with Crippen molar-refractivity contribution in [2.24, 2.45) is 0 Å². The molecule has 0 aliphatic heterocycles. The zero-order chi connectivity index (χ0) is 15.8. The van der Waals surface area contributed by atoms with Crippen LogP contribution in [0.25, 0.3) is 0 Å². The highest BCUT2D eigenvalue weighted by Crippen LogP contribution is 2.25. The quantitative estimate of drug-likeness (QED) is 0.802. The fraction of sp³-hybridized carbons (Fsp3) is 0.235. The number of rotatable bonds is 6. The summed E-state index contributed by atoms with van der Waals surface area (Å²) in [5, 5.41) is 5.39. The van der Waals surface area contributed by atoms with Gasteiger partial charge in [0.1, 0.15) is 0 Å². The number of carbonyl (C=O) groups is 1. The van der Waals surface area contributed by atoms with E-state index in [-0.39, 0.29) is 12.8 Å². The average molecular weight is 300 g/mol. The molecule has 0 spiro atoms. The van der Waals surface area contributed by atoms with Crippen LogP contribution in [0.4, 0.5) is 10.5 Å². The molecule has 116 valence electrons. The summed E-state index contributed by atoms with van der Waals surface area (Å²) in [6.45, 7) is 4.49. The number of nitrogens with one attached hydrogen (secondary N) is 2. The molecule has 0 fully saturated rings. The van der Waals surface area contributed by atoms with Crippen LogP contribution in [0.3, 0.4) is 0 Å². The molecule has 0 unspecified atom stereocenters. The molecule has 0 aliphatic rings. The maximum atomic E-state index is 11.8. The Labute approximate surface area is 130 Å². The maximum Gasteiger partial charge on any atom is 0.321 e. The number of amides is 2. The van der Waals surface area contributed by atoms with E-state index < -0.39 is 0 Å². The van der Waals surface area contributed by atoms with Crippen molar-refractivity contribution in [2.75, 3.05) is 18.7 Å². The second-order valence-corrected chi connectivity index (χ2v) is 4.67. The van der Waals surface area contributed by atoms with E-state index in [2.05, 4.69) is 10.6 Å². The minimum absolute atomic E-state index is 0.0573. The molecule has 0 saturated heterocycles. The van der Waals surface area contributed by atoms with Gasteiger partial charge in [0.15, 0.2) is 18.2 Å². The Bertz CT molecular complexity index is 629. The number of carbonyl (C=O) groups excluding carboxylic acids is 1. The maximum absolute atomic E-state index is 11.8. The van der Waals surface area contributed by atoms with Gasteiger partial charge in [0, 0.05) is 5.69 Å². The molecular formula is C17H20N2O3. The van der Waals surface area contributed by atoms with Gasteiger partial charge in [0.25, 0.3) is 0 Å². The Kier molecular flexibility index (Phi) is 5.65. The lowest BCUT2D eigenvalue weighted by molar-refractivity contribution is 0.229. The normalized spacial score (nSPS) is 9.91. The first-order valence-electron chi connectivity index (χ1n) is 7.15. The molecule has 0 saturated carbocycles. The molecule has 0 aliphatic carbocycles. The fourth-order valence-corrected chi connectivity index (χ4v) is 1.92. The largest absolute Gasteiger partial charge is 0.490 e. The van der Waals surface area contributed by atoms with Crippen molar-refractivity contribution in [1.29, 1.82) is 0 Å². The van der Waals surface area contributed by atoms with Crippen LogP contribution in [0, 0.1) is 6.92 Å². The third-order valence-electron chi connectivity index (χ3n) is 2.89. The Morgan fingerprint density at radius 2 is 1.77 bits per heavy atom. The van der Waals surface area contributed by atoms with Crippen LogP contribution in [0.2, 0.25) is 0 Å². The van der Waals surface area contributed by atoms with Crippen LogP contribution in [0.1, 0.15) is 12.5 Å². The third kappa shape index (κ3) is 4.70. The number of benzene rings is 2. The molecule has 0 aromatic heterocycles. The predicted octanol–water partition coefficient (Wildman–Crippen LogP) is 3.55. The first-order valence-corrected chi connectivity index (χ1v) is 7.15. The van der Waals surface area contributed by atoms with Crippen LogP contribution in [0.5, 0.6) is 11.5 Å². The molecule has 0 radical (unpaired) electrons. The van der Waals surface area contributed by atoms with Crippen molar-refractivity contribution in [3.05, 3.63) is 54.1 Å². The molecule has 2 amide bonds. The first-order chi connectivity index (χ1) is 10.7. The smallest absolute Gasteiger partial charge is 0.321 e. The van der Waals surface area contributed by atoms with Crippen LogP contribution in [0.15, 0.2) is 48.5 Å². The lowest BCUT2D eigenvalue weighted by Crippen LogP contribution is -2.32. The van der Waals surface area contributed by atoms with Crippen LogP contribution < -0.4 is 20.1 Å². The van der Waals surface area contributed by atoms with Crippen LogP contribution >= 0.6 is 0 Å². The van der Waals surface area contributed by atoms with Gasteiger partial charge in [-0.3, -0.25) is 0 Å². The molecule has 0 heterocycles. The Morgan fingerprint density at radius 1 is 1.05 bits per heavy atom. The van der Waals surface area contributed by atoms with E-state index in [0.29, 0.717) is 18.1 Å². The van der Waals surface area contributed by atoms with Crippen molar-refractivity contribution >= 4 is 11.7 Å². The first kappa shape index (κ1) is 15.7. The van der Waals surface area contributed by atoms with Crippen molar-refractivity contribution in [3.8, 4) is 11.5 Å². The standard InChI is InChI=1S/C17H20N2O3/c1-3-21-15-9-4-5-10-16(15)22-12-18-17(20)19-14-8-6-7-13(2)11-14/h4-11H,3,12H2,1-2H3,(H2,18,19,20). The zero-order valence-electron chi connectivity index (χ0n) is 12.8. The van der Waals surface area contributed by atoms with Gasteiger partial charge in [-0.2, -0.15) is 0 Å². The van der Waals surface area contributed by atoms with E-state index in [4.69, 9.17) is 9.47 Å². The van der Waals surface area contributed by atoms with Crippen LogP contribution in [-0.4, -0.2) is 19.4 Å². The highest BCUT2D eigenvalue weighted by atomic mass is 16.5. The summed E-state index contributed by atoms with van der Waals surface area (Å²) in [5.41, 5.74) is 1.83. The molecule has 2 aromatic rings. The van der Waals surface area contributed by atoms with E-state index in [0.717, 1.165) is 11.3 Å². The van der Waals surface area contributed by atoms with Gasteiger partial charge in [0.2, 0.25) is 0 Å². The molecule has 2 aromatic carbocycles. The van der Waals surface area contributed by atoms with E-state index in [9.17, 15) is 4.79 Å². The van der Waals surface area contributed by atoms with E-state index in [1.165, 1.54) is 0 Å². The Balaban J connectivity index is 1.82. The van der Waals surface area contributed by atoms with Crippen molar-refractivity contribution in [1.82, 2.24) is 5.32 Å². The number of para-hydroxylation sites is 2. The van der Waals surface area contributed by atoms with Crippen LogP contribution in [-0.2, 0) is 0 Å². The zero-order valence-corrected chi connectivity index (χ0v) is 12.8. The van der Waals surface area contributed by atoms with Gasteiger partial charge < -0.3 is 20.1 Å². The van der Waals surface area contributed by atoms with Gasteiger partial charge in [-0.15, -0.1) is 0 Å². The number of hydrogen-bond donors (Lipinski definition) is 2. The molecule has 5 heteroatoms. The number of urea groups is 1. The molecule has 0 bridgehead atoms. The second-order valence-electron chi connectivity index (χ2n) is 4.67. The van der Waals surface area contributed by atoms with Gasteiger partial charge in [-0.25, -0.2) is 4.79 Å². The van der Waals surface area contributed by atoms with Gasteiger partial charge in [0.05, 0.1) is 6.61 Å². The topological polar surface area (TPSA) is 59.6 Å². The van der Waals surface area contributed by atoms with E-state index >= 15 is 0 Å². The number of aryl methyl sites for hydroxylation is 1. The third-order valence-corrected chi connectivity index (χ3v) is 2.89. The minimum atomic E-state index is -0.320. The molecule has 2 N–H and O–H groups in total. The van der Waals surface area contributed by atoms with Crippen molar-refractivity contribution in [2.45, 2.75) is 13.8 Å². The molecular weight excluding hydrogens is 280 g/mol. The highest BCUT2D eigenvalue weighted by molar-refractivity contribution is 5.89. The molecule has 5 nitrogen and oxygen atoms in total. The Hall–Kier alpha value is -2.69. The number of ether oxygens (including phenoxy) is 2. The van der Waals surface area contributed by atoms with Gasteiger partial charge in [-0.1, -0.05) is 24.3 Å². The number of hydrogen-bond acceptors (Lipinski definition) is 3. The average Bonchev–Trinajstić information content (AvgIpc) is 2.49. The minimum Gasteiger partial charge on any atom is -0.490 e. The Morgan fingerprint density at radius 3 is 2.45 bits per heavy atom. The SMILES string of the molecule is CCOc1ccccc1OCNC(=O)Nc1cccc(C)c1. The predicted molar refractivity (Wildman–Crippen MR) is 86.4 cm³/mol. The summed E-state index contributed by atoms with van der Waals surface area (Å²) in [5.74, 6) is 1.26. The fourth-order valence-electron chi connectivity index (χ4n) is 1.92. The lowest BCUT2D eigenvalue weighted by atomic mass is 10.2. The molecule has 2 rings (SSSR count). The molecule has 22 heavy (non-hydrogen) atoms. The summed E-state index contributed by atoms with van der Waals surface area (Å²) >= 11 is 0. The lowest BCUT2D eigenvalue weighted by Gasteiger charge is -2.12. The van der Waals surface area contributed by atoms with E-state index in [1.807, 2.05) is 56.3 Å². The highest BCUT2D eigenvalue weighted by Gasteiger charge is 2.05. The van der Waals surface area contributed by atoms with Crippen molar-refractivity contribution < 1.29 is 14.3 Å². The summed E-state index contributed by atoms with van der Waals surface area (Å²) in [6.07, 6.45) is 0. The summed E-state index contributed by atoms with van der Waals surface area (Å²) < 4.78 is 11.0. The monoisotopic (exact) mass is 300 g/mol. The van der Waals surface area contributed by atoms with E-state index in [1.54, 1.807) is 6.07 Å². The van der Waals surface area contributed by atoms with Gasteiger partial charge in [-0.05, 0) is 43.7 Å². The number of anilines is 1. The second kappa shape index (κ2) is 7.93. The summed E-state index contributed by atoms with van der Waals surface area (Å²) in [6, 6.07) is 14.6. The van der Waals surface area contributed by atoms with Gasteiger partial charge >= 0.3 is 6.03 Å². The summed E-state index contributed by atoms with van der Waals surface area (Å²) in [4.78, 5) is 11.8.